The number of aliphatic carboxylic acids is 2. The second-order valence-electron chi connectivity index (χ2n) is 8.96. The Morgan fingerprint density at radius 3 is 2.15 bits per heavy atom. The fourth-order valence-electron chi connectivity index (χ4n) is 3.77. The number of amides is 4. The lowest BCUT2D eigenvalue weighted by molar-refractivity contribution is -0.145. The molecule has 39 heavy (non-hydrogen) atoms. The lowest BCUT2D eigenvalue weighted by Crippen LogP contribution is -2.59. The predicted molar refractivity (Wildman–Crippen MR) is 136 cm³/mol. The zero-order chi connectivity index (χ0) is 29.3. The molecule has 0 aliphatic heterocycles. The molecule has 11 N–H and O–H groups in total. The quantitative estimate of drug-likeness (QED) is 0.115. The van der Waals surface area contributed by atoms with Crippen molar-refractivity contribution >= 4 is 46.5 Å². The fourth-order valence-corrected chi connectivity index (χ4v) is 3.77. The number of H-pyrrole nitrogens is 1. The minimum Gasteiger partial charge on any atom is -0.481 e. The summed E-state index contributed by atoms with van der Waals surface area (Å²) in [7, 11) is 0. The van der Waals surface area contributed by atoms with Crippen molar-refractivity contribution in [2.24, 2.45) is 11.5 Å². The average Bonchev–Trinajstić information content (AvgIpc) is 3.26. The molecule has 0 saturated heterocycles. The molecule has 15 heteroatoms. The number of aliphatic hydroxyl groups is 1. The van der Waals surface area contributed by atoms with Gasteiger partial charge in [-0.05, 0) is 25.0 Å². The first-order valence-corrected chi connectivity index (χ1v) is 11.9. The molecule has 0 radical (unpaired) electrons. The molecular weight excluding hydrogens is 516 g/mol. The standard InChI is InChI=1S/C24H32N6O9/c1-11(31)20(24(38)39)30-23(37)17(8-12-10-27-15-5-3-2-4-13(12)15)29-22(36)16(6-7-19(33)34)28-21(35)14(25)9-18(26)32/h2-5,10-11,14,16-17,20,27,31H,6-9,25H2,1H3,(H2,26,32)(H,28,35)(H,29,36)(H,30,37)(H,33,34)(H,38,39). The Hall–Kier alpha value is -4.50. The Balaban J connectivity index is 2.34. The molecular formula is C24H32N6O9. The van der Waals surface area contributed by atoms with E-state index < -0.39 is 78.7 Å². The molecule has 5 unspecified atom stereocenters. The van der Waals surface area contributed by atoms with E-state index in [0.717, 1.165) is 10.9 Å². The van der Waals surface area contributed by atoms with Crippen molar-refractivity contribution < 1.29 is 44.1 Å². The number of nitrogens with two attached hydrogens (primary N) is 2. The maximum absolute atomic E-state index is 13.2. The van der Waals surface area contributed by atoms with Crippen LogP contribution in [0, 0.1) is 0 Å². The highest BCUT2D eigenvalue weighted by atomic mass is 16.4. The second kappa shape index (κ2) is 13.9. The van der Waals surface area contributed by atoms with Gasteiger partial charge >= 0.3 is 11.9 Å². The summed E-state index contributed by atoms with van der Waals surface area (Å²) in [6.45, 7) is 1.17. The number of aromatic nitrogens is 1. The highest BCUT2D eigenvalue weighted by Gasteiger charge is 2.32. The molecule has 2 rings (SSSR count). The smallest absolute Gasteiger partial charge is 0.328 e. The van der Waals surface area contributed by atoms with Crippen LogP contribution < -0.4 is 27.4 Å². The summed E-state index contributed by atoms with van der Waals surface area (Å²) in [6, 6.07) is 1.13. The van der Waals surface area contributed by atoms with Gasteiger partial charge in [0, 0.05) is 29.9 Å². The topological polar surface area (TPSA) is 267 Å². The van der Waals surface area contributed by atoms with Gasteiger partial charge in [-0.1, -0.05) is 18.2 Å². The molecule has 0 fully saturated rings. The summed E-state index contributed by atoms with van der Waals surface area (Å²) < 4.78 is 0. The highest BCUT2D eigenvalue weighted by Crippen LogP contribution is 2.19. The zero-order valence-corrected chi connectivity index (χ0v) is 21.0. The van der Waals surface area contributed by atoms with Gasteiger partial charge in [0.25, 0.3) is 0 Å². The molecule has 0 spiro atoms. The predicted octanol–water partition coefficient (Wildman–Crippen LogP) is -2.30. The summed E-state index contributed by atoms with van der Waals surface area (Å²) in [6.07, 6.45) is -1.44. The van der Waals surface area contributed by atoms with Gasteiger partial charge in [0.05, 0.1) is 18.6 Å². The molecule has 15 nitrogen and oxygen atoms in total. The number of rotatable bonds is 15. The molecule has 0 bridgehead atoms. The Morgan fingerprint density at radius 2 is 1.56 bits per heavy atom. The summed E-state index contributed by atoms with van der Waals surface area (Å²) >= 11 is 0. The first-order valence-electron chi connectivity index (χ1n) is 11.9. The second-order valence-corrected chi connectivity index (χ2v) is 8.96. The van der Waals surface area contributed by atoms with Gasteiger partial charge in [0.1, 0.15) is 12.1 Å². The van der Waals surface area contributed by atoms with Gasteiger partial charge in [-0.2, -0.15) is 0 Å². The fraction of sp³-hybridized carbons (Fsp3) is 0.417. The first kappa shape index (κ1) is 30.7. The van der Waals surface area contributed by atoms with Gasteiger partial charge < -0.3 is 47.7 Å². The third-order valence-corrected chi connectivity index (χ3v) is 5.82. The van der Waals surface area contributed by atoms with Crippen LogP contribution in [0.3, 0.4) is 0 Å². The third-order valence-electron chi connectivity index (χ3n) is 5.82. The van der Waals surface area contributed by atoms with E-state index >= 15 is 0 Å². The number of aliphatic hydroxyl groups excluding tert-OH is 1. The monoisotopic (exact) mass is 548 g/mol. The lowest BCUT2D eigenvalue weighted by atomic mass is 10.0. The van der Waals surface area contributed by atoms with Crippen molar-refractivity contribution in [1.82, 2.24) is 20.9 Å². The molecule has 0 saturated carbocycles. The van der Waals surface area contributed by atoms with Crippen LogP contribution in [-0.2, 0) is 35.2 Å². The van der Waals surface area contributed by atoms with Gasteiger partial charge in [-0.25, -0.2) is 4.79 Å². The Labute approximate surface area is 222 Å². The third kappa shape index (κ3) is 9.08. The van der Waals surface area contributed by atoms with Crippen LogP contribution in [0.2, 0.25) is 0 Å². The van der Waals surface area contributed by atoms with E-state index in [1.165, 1.54) is 6.92 Å². The Morgan fingerprint density at radius 1 is 0.949 bits per heavy atom. The van der Waals surface area contributed by atoms with Crippen molar-refractivity contribution in [3.8, 4) is 0 Å². The molecule has 0 aliphatic rings. The summed E-state index contributed by atoms with van der Waals surface area (Å²) in [5.74, 6) is -6.50. The normalized spacial score (nSPS) is 14.8. The van der Waals surface area contributed by atoms with Crippen molar-refractivity contribution in [3.63, 3.8) is 0 Å². The number of carbonyl (C=O) groups excluding carboxylic acids is 4. The number of hydrogen-bond donors (Lipinski definition) is 9. The number of fused-ring (bicyclic) bond motifs is 1. The maximum Gasteiger partial charge on any atom is 0.328 e. The molecule has 2 aromatic rings. The average molecular weight is 549 g/mol. The largest absolute Gasteiger partial charge is 0.481 e. The lowest BCUT2D eigenvalue weighted by Gasteiger charge is -2.25. The van der Waals surface area contributed by atoms with Crippen LogP contribution in [0.5, 0.6) is 0 Å². The van der Waals surface area contributed by atoms with Crippen LogP contribution in [0.15, 0.2) is 30.5 Å². The van der Waals surface area contributed by atoms with Crippen molar-refractivity contribution in [2.45, 2.75) is 62.9 Å². The minimum absolute atomic E-state index is 0.130. The van der Waals surface area contributed by atoms with Crippen molar-refractivity contribution in [1.29, 1.82) is 0 Å². The molecule has 1 aromatic heterocycles. The van der Waals surface area contributed by atoms with Crippen LogP contribution >= 0.6 is 0 Å². The van der Waals surface area contributed by atoms with E-state index in [0.29, 0.717) is 5.56 Å². The number of nitrogens with one attached hydrogen (secondary N) is 4. The number of carbonyl (C=O) groups is 6. The number of para-hydroxylation sites is 1. The zero-order valence-electron chi connectivity index (χ0n) is 21.0. The van der Waals surface area contributed by atoms with Crippen molar-refractivity contribution in [2.75, 3.05) is 0 Å². The van der Waals surface area contributed by atoms with Gasteiger partial charge in [0.15, 0.2) is 6.04 Å². The van der Waals surface area contributed by atoms with Gasteiger partial charge in [-0.15, -0.1) is 0 Å². The highest BCUT2D eigenvalue weighted by molar-refractivity contribution is 5.95. The van der Waals surface area contributed by atoms with E-state index in [1.54, 1.807) is 30.5 Å². The van der Waals surface area contributed by atoms with E-state index in [9.17, 15) is 39.0 Å². The molecule has 4 amide bonds. The molecule has 212 valence electrons. The summed E-state index contributed by atoms with van der Waals surface area (Å²) in [4.78, 5) is 75.5. The van der Waals surface area contributed by atoms with Crippen LogP contribution in [0.25, 0.3) is 10.9 Å². The SMILES string of the molecule is CC(O)C(NC(=O)C(Cc1c[nH]c2ccccc12)NC(=O)C(CCC(=O)O)NC(=O)C(N)CC(N)=O)C(=O)O. The van der Waals surface area contributed by atoms with Crippen LogP contribution in [0.4, 0.5) is 0 Å². The number of hydrogen-bond acceptors (Lipinski definition) is 8. The molecule has 0 aliphatic carbocycles. The van der Waals surface area contributed by atoms with Crippen molar-refractivity contribution in [3.05, 3.63) is 36.0 Å². The number of benzene rings is 1. The van der Waals surface area contributed by atoms with Gasteiger partial charge in [0.2, 0.25) is 23.6 Å². The van der Waals surface area contributed by atoms with E-state index in [4.69, 9.17) is 16.6 Å². The Kier molecular flexibility index (Phi) is 10.9. The van der Waals surface area contributed by atoms with E-state index in [2.05, 4.69) is 20.9 Å². The summed E-state index contributed by atoms with van der Waals surface area (Å²) in [5, 5.41) is 35.8. The van der Waals surface area contributed by atoms with E-state index in [1.807, 2.05) is 0 Å². The molecule has 5 atom stereocenters. The number of carboxylic acid groups (broad SMARTS) is 2. The molecule has 1 heterocycles. The number of aromatic amines is 1. The first-order chi connectivity index (χ1) is 18.3. The minimum atomic E-state index is -1.69. The van der Waals surface area contributed by atoms with Crippen LogP contribution in [-0.4, -0.2) is 86.1 Å². The molecule has 1 aromatic carbocycles. The van der Waals surface area contributed by atoms with E-state index in [-0.39, 0.29) is 12.8 Å². The summed E-state index contributed by atoms with van der Waals surface area (Å²) in [5.41, 5.74) is 12.0. The number of primary amides is 1. The van der Waals surface area contributed by atoms with Gasteiger partial charge in [-0.3, -0.25) is 24.0 Å². The van der Waals surface area contributed by atoms with Crippen LogP contribution in [0.1, 0.15) is 31.7 Å². The Bertz CT molecular complexity index is 1230. The maximum atomic E-state index is 13.2. The number of carboxylic acids is 2.